The zero-order chi connectivity index (χ0) is 23.1. The van der Waals surface area contributed by atoms with Crippen molar-refractivity contribution in [1.29, 1.82) is 0 Å². The van der Waals surface area contributed by atoms with Gasteiger partial charge in [-0.15, -0.1) is 0 Å². The molecule has 7 nitrogen and oxygen atoms in total. The van der Waals surface area contributed by atoms with Crippen molar-refractivity contribution in [2.24, 2.45) is 0 Å². The van der Waals surface area contributed by atoms with Crippen molar-refractivity contribution < 1.29 is 23.5 Å². The summed E-state index contributed by atoms with van der Waals surface area (Å²) in [6, 6.07) is 13.2. The number of carbonyl (C=O) groups excluding carboxylic acids is 2. The topological polar surface area (TPSA) is 94.8 Å². The highest BCUT2D eigenvalue weighted by Gasteiger charge is 2.24. The number of nitrogens with one attached hydrogen (secondary N) is 1. The quantitative estimate of drug-likeness (QED) is 0.313. The van der Waals surface area contributed by atoms with E-state index in [-0.39, 0.29) is 6.61 Å². The number of hydrogen-bond acceptors (Lipinski definition) is 6. The Morgan fingerprint density at radius 2 is 1.84 bits per heavy atom. The Morgan fingerprint density at radius 3 is 2.53 bits per heavy atom. The highest BCUT2D eigenvalue weighted by molar-refractivity contribution is 5.86. The largest absolute Gasteiger partial charge is 0.445 e. The zero-order valence-electron chi connectivity index (χ0n) is 18.5. The SMILES string of the molecule is CCC[C@@H](NC(=O)OCc1ccccc1)C(=O)Oc1cc2oc(=O)cc(C)c2cc1CC. The number of aryl methyl sites for hydroxylation is 2. The Bertz CT molecular complexity index is 1150. The molecule has 1 amide bonds. The predicted molar refractivity (Wildman–Crippen MR) is 121 cm³/mol. The summed E-state index contributed by atoms with van der Waals surface area (Å²) >= 11 is 0. The molecular formula is C25H27NO6. The minimum Gasteiger partial charge on any atom is -0.445 e. The first-order chi connectivity index (χ1) is 15.4. The number of amides is 1. The van der Waals surface area contributed by atoms with Gasteiger partial charge in [0.1, 0.15) is 24.0 Å². The molecule has 0 spiro atoms. The van der Waals surface area contributed by atoms with E-state index in [9.17, 15) is 14.4 Å². The van der Waals surface area contributed by atoms with Crippen LogP contribution in [-0.2, 0) is 22.6 Å². The Kier molecular flexibility index (Phi) is 7.65. The fraction of sp³-hybridized carbons (Fsp3) is 0.320. The number of benzene rings is 2. The molecule has 168 valence electrons. The number of esters is 1. The van der Waals surface area contributed by atoms with Gasteiger partial charge in [0, 0.05) is 17.5 Å². The molecule has 0 aliphatic rings. The molecule has 0 radical (unpaired) electrons. The van der Waals surface area contributed by atoms with Crippen LogP contribution in [0, 0.1) is 6.92 Å². The summed E-state index contributed by atoms with van der Waals surface area (Å²) < 4.78 is 16.1. The van der Waals surface area contributed by atoms with Crippen LogP contribution in [0.4, 0.5) is 4.79 Å². The first-order valence-electron chi connectivity index (χ1n) is 10.7. The Hall–Kier alpha value is -3.61. The molecule has 1 aromatic heterocycles. The van der Waals surface area contributed by atoms with Crippen LogP contribution in [0.2, 0.25) is 0 Å². The fourth-order valence-corrected chi connectivity index (χ4v) is 3.39. The third kappa shape index (κ3) is 5.75. The van der Waals surface area contributed by atoms with Crippen LogP contribution in [-0.4, -0.2) is 18.1 Å². The molecule has 0 bridgehead atoms. The average Bonchev–Trinajstić information content (AvgIpc) is 2.77. The second-order valence-electron chi connectivity index (χ2n) is 7.53. The van der Waals surface area contributed by atoms with Gasteiger partial charge in [0.2, 0.25) is 0 Å². The van der Waals surface area contributed by atoms with Gasteiger partial charge in [0.15, 0.2) is 0 Å². The maximum absolute atomic E-state index is 12.9. The standard InChI is InChI=1S/C25H27NO6/c1-4-9-20(26-25(29)30-15-17-10-7-6-8-11-17)24(28)32-21-14-22-19(13-18(21)5-2)16(3)12-23(27)31-22/h6-8,10-14,20H,4-5,9,15H2,1-3H3,(H,26,29)/t20-/m1/s1. The second kappa shape index (κ2) is 10.6. The molecule has 0 aliphatic heterocycles. The molecular weight excluding hydrogens is 410 g/mol. The molecule has 0 unspecified atom stereocenters. The molecule has 0 aliphatic carbocycles. The molecule has 7 heteroatoms. The summed E-state index contributed by atoms with van der Waals surface area (Å²) in [5, 5.41) is 3.38. The van der Waals surface area contributed by atoms with Crippen LogP contribution < -0.4 is 15.7 Å². The summed E-state index contributed by atoms with van der Waals surface area (Å²) in [6.07, 6.45) is 0.968. The Morgan fingerprint density at radius 1 is 1.09 bits per heavy atom. The smallest absolute Gasteiger partial charge is 0.408 e. The van der Waals surface area contributed by atoms with Crippen molar-refractivity contribution in [1.82, 2.24) is 5.32 Å². The lowest BCUT2D eigenvalue weighted by atomic mass is 10.1. The Labute approximate surface area is 186 Å². The number of carbonyl (C=O) groups is 2. The van der Waals surface area contributed by atoms with Gasteiger partial charge in [-0.3, -0.25) is 0 Å². The minimum atomic E-state index is -0.867. The van der Waals surface area contributed by atoms with Gasteiger partial charge in [0.25, 0.3) is 0 Å². The van der Waals surface area contributed by atoms with Crippen LogP contribution in [0.5, 0.6) is 5.75 Å². The van der Waals surface area contributed by atoms with Crippen molar-refractivity contribution in [3.05, 3.63) is 75.6 Å². The van der Waals surface area contributed by atoms with Gasteiger partial charge < -0.3 is 19.2 Å². The van der Waals surface area contributed by atoms with Gasteiger partial charge in [-0.2, -0.15) is 0 Å². The molecule has 1 atom stereocenters. The van der Waals surface area contributed by atoms with Gasteiger partial charge >= 0.3 is 17.7 Å². The molecule has 1 N–H and O–H groups in total. The maximum atomic E-state index is 12.9. The highest BCUT2D eigenvalue weighted by Crippen LogP contribution is 2.28. The van der Waals surface area contributed by atoms with E-state index in [1.165, 1.54) is 6.07 Å². The summed E-state index contributed by atoms with van der Waals surface area (Å²) in [5.74, 6) is -0.299. The third-order valence-corrected chi connectivity index (χ3v) is 5.09. The number of ether oxygens (including phenoxy) is 2. The van der Waals surface area contributed by atoms with Crippen LogP contribution in [0.3, 0.4) is 0 Å². The van der Waals surface area contributed by atoms with E-state index in [0.29, 0.717) is 30.6 Å². The van der Waals surface area contributed by atoms with E-state index >= 15 is 0 Å². The predicted octanol–water partition coefficient (Wildman–Crippen LogP) is 4.66. The monoisotopic (exact) mass is 437 g/mol. The van der Waals surface area contributed by atoms with E-state index < -0.39 is 23.7 Å². The van der Waals surface area contributed by atoms with E-state index in [1.807, 2.05) is 57.2 Å². The molecule has 1 heterocycles. The molecule has 3 aromatic rings. The number of fused-ring (bicyclic) bond motifs is 1. The second-order valence-corrected chi connectivity index (χ2v) is 7.53. The van der Waals surface area contributed by atoms with E-state index in [2.05, 4.69) is 5.32 Å². The lowest BCUT2D eigenvalue weighted by molar-refractivity contribution is -0.136. The van der Waals surface area contributed by atoms with Crippen LogP contribution in [0.1, 0.15) is 43.4 Å². The molecule has 32 heavy (non-hydrogen) atoms. The summed E-state index contributed by atoms with van der Waals surface area (Å²) in [4.78, 5) is 36.8. The fourth-order valence-electron chi connectivity index (χ4n) is 3.39. The van der Waals surface area contributed by atoms with Crippen molar-refractivity contribution >= 4 is 23.0 Å². The van der Waals surface area contributed by atoms with Crippen LogP contribution in [0.25, 0.3) is 11.0 Å². The normalized spacial score (nSPS) is 11.7. The number of hydrogen-bond donors (Lipinski definition) is 1. The van der Waals surface area contributed by atoms with Gasteiger partial charge in [-0.05, 0) is 42.5 Å². The van der Waals surface area contributed by atoms with Crippen molar-refractivity contribution in [2.75, 3.05) is 0 Å². The van der Waals surface area contributed by atoms with Crippen molar-refractivity contribution in [2.45, 2.75) is 52.7 Å². The van der Waals surface area contributed by atoms with Gasteiger partial charge in [-0.25, -0.2) is 14.4 Å². The van der Waals surface area contributed by atoms with Gasteiger partial charge in [-0.1, -0.05) is 50.6 Å². The highest BCUT2D eigenvalue weighted by atomic mass is 16.6. The summed E-state index contributed by atoms with van der Waals surface area (Å²) in [7, 11) is 0. The van der Waals surface area contributed by atoms with E-state index in [4.69, 9.17) is 13.9 Å². The zero-order valence-corrected chi connectivity index (χ0v) is 18.5. The number of alkyl carbamates (subject to hydrolysis) is 1. The minimum absolute atomic E-state index is 0.101. The average molecular weight is 437 g/mol. The molecule has 0 saturated carbocycles. The molecule has 3 rings (SSSR count). The summed E-state index contributed by atoms with van der Waals surface area (Å²) in [5.41, 5.74) is 2.30. The van der Waals surface area contributed by atoms with E-state index in [1.54, 1.807) is 6.07 Å². The molecule has 0 saturated heterocycles. The Balaban J connectivity index is 1.74. The number of rotatable bonds is 8. The molecule has 2 aromatic carbocycles. The first kappa shape index (κ1) is 23.1. The summed E-state index contributed by atoms with van der Waals surface area (Å²) in [6.45, 7) is 5.77. The van der Waals surface area contributed by atoms with Crippen molar-refractivity contribution in [3.8, 4) is 5.75 Å². The first-order valence-corrected chi connectivity index (χ1v) is 10.7. The van der Waals surface area contributed by atoms with E-state index in [0.717, 1.165) is 22.1 Å². The van der Waals surface area contributed by atoms with Crippen LogP contribution in [0.15, 0.2) is 57.7 Å². The lowest BCUT2D eigenvalue weighted by Gasteiger charge is -2.18. The lowest BCUT2D eigenvalue weighted by Crippen LogP contribution is -2.43. The van der Waals surface area contributed by atoms with Crippen LogP contribution >= 0.6 is 0 Å². The third-order valence-electron chi connectivity index (χ3n) is 5.09. The maximum Gasteiger partial charge on any atom is 0.408 e. The van der Waals surface area contributed by atoms with Gasteiger partial charge in [0.05, 0.1) is 0 Å². The molecule has 0 fully saturated rings. The van der Waals surface area contributed by atoms with Crippen molar-refractivity contribution in [3.63, 3.8) is 0 Å².